The number of benzene rings is 1. The van der Waals surface area contributed by atoms with Crippen molar-refractivity contribution in [3.05, 3.63) is 24.3 Å². The van der Waals surface area contributed by atoms with E-state index in [1.165, 1.54) is 22.7 Å². The monoisotopic (exact) mass is 385 g/mol. The number of ether oxygens (including phenoxy) is 2. The number of nitrogens with zero attached hydrogens (tertiary/aromatic N) is 2. The van der Waals surface area contributed by atoms with Crippen LogP contribution in [0.4, 0.5) is 0 Å². The molecule has 26 heavy (non-hydrogen) atoms. The first-order valence-electron chi connectivity index (χ1n) is 8.57. The number of carbonyl (C=O) groups excluding carboxylic acids is 1. The molecule has 1 aliphatic heterocycles. The topological polar surface area (TPSA) is 88.2 Å². The van der Waals surface area contributed by atoms with Gasteiger partial charge in [0.25, 0.3) is 10.2 Å². The Balaban J connectivity index is 1.80. The van der Waals surface area contributed by atoms with Crippen molar-refractivity contribution in [2.24, 2.45) is 5.92 Å². The van der Waals surface area contributed by atoms with E-state index in [0.29, 0.717) is 44.0 Å². The third-order valence-electron chi connectivity index (χ3n) is 4.27. The first kappa shape index (κ1) is 20.5. The fourth-order valence-electron chi connectivity index (χ4n) is 2.81. The molecule has 1 unspecified atom stereocenters. The smallest absolute Gasteiger partial charge is 0.281 e. The molecule has 0 spiro atoms. The first-order valence-corrected chi connectivity index (χ1v) is 9.97. The van der Waals surface area contributed by atoms with Crippen LogP contribution in [0, 0.1) is 5.92 Å². The molecule has 0 bridgehead atoms. The minimum absolute atomic E-state index is 0.146. The molecule has 146 valence electrons. The standard InChI is InChI=1S/C17H27N3O5S/c1-19(2)26(22,23)20-11-6-7-14(13-20)17(21)18-10-12-25-16-9-5-4-8-15(16)24-3/h4-5,8-9,14H,6-7,10-13H2,1-3H3,(H,18,21). The zero-order chi connectivity index (χ0) is 19.2. The number of hydrogen-bond acceptors (Lipinski definition) is 5. The highest BCUT2D eigenvalue weighted by Crippen LogP contribution is 2.25. The van der Waals surface area contributed by atoms with Gasteiger partial charge in [0.15, 0.2) is 11.5 Å². The summed E-state index contributed by atoms with van der Waals surface area (Å²) in [5.74, 6) is 0.762. The summed E-state index contributed by atoms with van der Waals surface area (Å²) in [5.41, 5.74) is 0. The molecule has 0 saturated carbocycles. The zero-order valence-electron chi connectivity index (χ0n) is 15.5. The van der Waals surface area contributed by atoms with Gasteiger partial charge in [-0.1, -0.05) is 12.1 Å². The first-order chi connectivity index (χ1) is 12.4. The summed E-state index contributed by atoms with van der Waals surface area (Å²) in [4.78, 5) is 12.3. The van der Waals surface area contributed by atoms with E-state index in [9.17, 15) is 13.2 Å². The van der Waals surface area contributed by atoms with Gasteiger partial charge >= 0.3 is 0 Å². The lowest BCUT2D eigenvalue weighted by Crippen LogP contribution is -2.49. The number of piperidine rings is 1. The van der Waals surface area contributed by atoms with Crippen molar-refractivity contribution in [2.75, 3.05) is 47.4 Å². The zero-order valence-corrected chi connectivity index (χ0v) is 16.3. The van der Waals surface area contributed by atoms with Crippen molar-refractivity contribution >= 4 is 16.1 Å². The molecule has 8 nitrogen and oxygen atoms in total. The van der Waals surface area contributed by atoms with Crippen molar-refractivity contribution in [3.8, 4) is 11.5 Å². The Hall–Kier alpha value is -1.84. The van der Waals surface area contributed by atoms with Gasteiger partial charge in [-0.3, -0.25) is 4.79 Å². The van der Waals surface area contributed by atoms with E-state index in [1.54, 1.807) is 19.2 Å². The molecule has 1 fully saturated rings. The predicted octanol–water partition coefficient (Wildman–Crippen LogP) is 0.709. The van der Waals surface area contributed by atoms with Crippen LogP contribution in [0.5, 0.6) is 11.5 Å². The molecule has 2 rings (SSSR count). The van der Waals surface area contributed by atoms with Crippen LogP contribution in [-0.4, -0.2) is 70.4 Å². The largest absolute Gasteiger partial charge is 0.493 e. The average Bonchev–Trinajstić information content (AvgIpc) is 2.65. The van der Waals surface area contributed by atoms with E-state index >= 15 is 0 Å². The molecule has 0 aromatic heterocycles. The molecular weight excluding hydrogens is 358 g/mol. The van der Waals surface area contributed by atoms with Gasteiger partial charge < -0.3 is 14.8 Å². The average molecular weight is 385 g/mol. The van der Waals surface area contributed by atoms with E-state index in [4.69, 9.17) is 9.47 Å². The van der Waals surface area contributed by atoms with Gasteiger partial charge in [-0.15, -0.1) is 0 Å². The predicted molar refractivity (Wildman–Crippen MR) is 98.4 cm³/mol. The molecule has 1 heterocycles. The van der Waals surface area contributed by atoms with Crippen LogP contribution in [-0.2, 0) is 15.0 Å². The Labute approximate surface area is 155 Å². The number of rotatable bonds is 8. The van der Waals surface area contributed by atoms with Crippen LogP contribution in [0.1, 0.15) is 12.8 Å². The lowest BCUT2D eigenvalue weighted by Gasteiger charge is -2.32. The Morgan fingerprint density at radius 3 is 2.65 bits per heavy atom. The second-order valence-electron chi connectivity index (χ2n) is 6.28. The van der Waals surface area contributed by atoms with E-state index in [-0.39, 0.29) is 18.4 Å². The maximum atomic E-state index is 12.3. The van der Waals surface area contributed by atoms with Crippen LogP contribution in [0.25, 0.3) is 0 Å². The van der Waals surface area contributed by atoms with Crippen molar-refractivity contribution in [2.45, 2.75) is 12.8 Å². The molecule has 1 amide bonds. The van der Waals surface area contributed by atoms with E-state index in [0.717, 1.165) is 0 Å². The molecule has 1 aliphatic rings. The molecule has 1 aromatic rings. The van der Waals surface area contributed by atoms with Gasteiger partial charge in [0.05, 0.1) is 19.6 Å². The molecule has 1 aromatic carbocycles. The Morgan fingerprint density at radius 1 is 1.31 bits per heavy atom. The Bertz CT molecular complexity index is 708. The number of carbonyl (C=O) groups is 1. The SMILES string of the molecule is COc1ccccc1OCCNC(=O)C1CCCN(S(=O)(=O)N(C)C)C1. The summed E-state index contributed by atoms with van der Waals surface area (Å²) < 4.78 is 37.8. The maximum absolute atomic E-state index is 12.3. The molecule has 1 saturated heterocycles. The highest BCUT2D eigenvalue weighted by Gasteiger charge is 2.33. The molecule has 0 aliphatic carbocycles. The fourth-order valence-corrected chi connectivity index (χ4v) is 4.00. The van der Waals surface area contributed by atoms with Crippen LogP contribution in [0.2, 0.25) is 0 Å². The summed E-state index contributed by atoms with van der Waals surface area (Å²) >= 11 is 0. The summed E-state index contributed by atoms with van der Waals surface area (Å²) in [6, 6.07) is 7.30. The van der Waals surface area contributed by atoms with Crippen LogP contribution >= 0.6 is 0 Å². The third-order valence-corrected chi connectivity index (χ3v) is 6.18. The summed E-state index contributed by atoms with van der Waals surface area (Å²) in [6.07, 6.45) is 1.35. The maximum Gasteiger partial charge on any atom is 0.281 e. The highest BCUT2D eigenvalue weighted by molar-refractivity contribution is 7.86. The van der Waals surface area contributed by atoms with Gasteiger partial charge in [0.1, 0.15) is 6.61 Å². The summed E-state index contributed by atoms with van der Waals surface area (Å²) in [6.45, 7) is 1.30. The quantitative estimate of drug-likeness (QED) is 0.666. The molecular formula is C17H27N3O5S. The van der Waals surface area contributed by atoms with Crippen molar-refractivity contribution in [1.29, 1.82) is 0 Å². The third kappa shape index (κ3) is 5.09. The van der Waals surface area contributed by atoms with Gasteiger partial charge in [0, 0.05) is 27.2 Å². The lowest BCUT2D eigenvalue weighted by molar-refractivity contribution is -0.126. The minimum atomic E-state index is -3.49. The number of para-hydroxylation sites is 2. The van der Waals surface area contributed by atoms with Crippen LogP contribution < -0.4 is 14.8 Å². The normalized spacial score (nSPS) is 18.5. The molecule has 9 heteroatoms. The molecule has 1 atom stereocenters. The lowest BCUT2D eigenvalue weighted by atomic mass is 9.99. The van der Waals surface area contributed by atoms with Crippen molar-refractivity contribution < 1.29 is 22.7 Å². The minimum Gasteiger partial charge on any atom is -0.493 e. The van der Waals surface area contributed by atoms with Crippen LogP contribution in [0.3, 0.4) is 0 Å². The summed E-state index contributed by atoms with van der Waals surface area (Å²) in [7, 11) is 1.07. The van der Waals surface area contributed by atoms with Crippen molar-refractivity contribution in [1.82, 2.24) is 13.9 Å². The fraction of sp³-hybridized carbons (Fsp3) is 0.588. The Morgan fingerprint density at radius 2 is 2.00 bits per heavy atom. The number of methoxy groups -OCH3 is 1. The molecule has 1 N–H and O–H groups in total. The van der Waals surface area contributed by atoms with Gasteiger partial charge in [0.2, 0.25) is 5.91 Å². The van der Waals surface area contributed by atoms with Crippen LogP contribution in [0.15, 0.2) is 24.3 Å². The second kappa shape index (κ2) is 9.20. The number of amides is 1. The van der Waals surface area contributed by atoms with E-state index in [2.05, 4.69) is 5.32 Å². The van der Waals surface area contributed by atoms with Crippen molar-refractivity contribution in [3.63, 3.8) is 0 Å². The van der Waals surface area contributed by atoms with E-state index in [1.807, 2.05) is 12.1 Å². The second-order valence-corrected chi connectivity index (χ2v) is 8.42. The highest BCUT2D eigenvalue weighted by atomic mass is 32.2. The Kier molecular flexibility index (Phi) is 7.24. The molecule has 0 radical (unpaired) electrons. The van der Waals surface area contributed by atoms with E-state index < -0.39 is 10.2 Å². The number of nitrogens with one attached hydrogen (secondary N) is 1. The van der Waals surface area contributed by atoms with Gasteiger partial charge in [-0.25, -0.2) is 0 Å². The van der Waals surface area contributed by atoms with Gasteiger partial charge in [-0.2, -0.15) is 17.0 Å². The van der Waals surface area contributed by atoms with Gasteiger partial charge in [-0.05, 0) is 25.0 Å². The summed E-state index contributed by atoms with van der Waals surface area (Å²) in [5, 5.41) is 2.82. The number of hydrogen-bond donors (Lipinski definition) is 1.